The Balaban J connectivity index is 2.09. The van der Waals surface area contributed by atoms with Crippen LogP contribution in [-0.4, -0.2) is 36.0 Å². The van der Waals surface area contributed by atoms with Gasteiger partial charge in [-0.3, -0.25) is 9.80 Å². The number of hydrogen-bond donors (Lipinski definition) is 0. The molecular weight excluding hydrogens is 508 g/mol. The van der Waals surface area contributed by atoms with Gasteiger partial charge in [0, 0.05) is 13.1 Å². The van der Waals surface area contributed by atoms with E-state index in [1.54, 1.807) is 0 Å². The van der Waals surface area contributed by atoms with Crippen molar-refractivity contribution in [3.05, 3.63) is 35.4 Å². The van der Waals surface area contributed by atoms with Crippen LogP contribution in [-0.2, 0) is 13.1 Å². The zero-order valence-electron chi connectivity index (χ0n) is 29.4. The van der Waals surface area contributed by atoms with Gasteiger partial charge < -0.3 is 0 Å². The third kappa shape index (κ3) is 23.6. The fourth-order valence-corrected chi connectivity index (χ4v) is 6.32. The smallest absolute Gasteiger partial charge is 0.0233 e. The van der Waals surface area contributed by atoms with Crippen molar-refractivity contribution in [3.8, 4) is 0 Å². The minimum atomic E-state index is 1.10. The minimum Gasteiger partial charge on any atom is -0.299 e. The fraction of sp³-hybridized carbons (Fsp3) is 0.850. The topological polar surface area (TPSA) is 6.48 Å². The van der Waals surface area contributed by atoms with Gasteiger partial charge >= 0.3 is 0 Å². The van der Waals surface area contributed by atoms with Crippen molar-refractivity contribution in [1.82, 2.24) is 9.80 Å². The zero-order valence-corrected chi connectivity index (χ0v) is 29.4. The molecule has 0 spiro atoms. The highest BCUT2D eigenvalue weighted by Crippen LogP contribution is 2.15. The van der Waals surface area contributed by atoms with E-state index < -0.39 is 0 Å². The molecule has 1 aromatic rings. The summed E-state index contributed by atoms with van der Waals surface area (Å²) in [6, 6.07) is 9.55. The highest BCUT2D eigenvalue weighted by atomic mass is 15.1. The number of benzene rings is 1. The van der Waals surface area contributed by atoms with Gasteiger partial charge in [-0.2, -0.15) is 0 Å². The van der Waals surface area contributed by atoms with Crippen LogP contribution in [0.4, 0.5) is 0 Å². The molecule has 0 fully saturated rings. The van der Waals surface area contributed by atoms with E-state index in [0.29, 0.717) is 0 Å². The van der Waals surface area contributed by atoms with Gasteiger partial charge in [0.25, 0.3) is 0 Å². The van der Waals surface area contributed by atoms with Crippen molar-refractivity contribution in [2.45, 2.75) is 195 Å². The van der Waals surface area contributed by atoms with Gasteiger partial charge in [-0.05, 0) is 50.1 Å². The highest BCUT2D eigenvalue weighted by Gasteiger charge is 2.07. The molecule has 0 saturated heterocycles. The van der Waals surface area contributed by atoms with Crippen molar-refractivity contribution in [1.29, 1.82) is 0 Å². The molecule has 0 aliphatic carbocycles. The molecule has 42 heavy (non-hydrogen) atoms. The van der Waals surface area contributed by atoms with E-state index in [0.717, 1.165) is 26.2 Å². The second-order valence-electron chi connectivity index (χ2n) is 13.3. The number of unbranched alkanes of at least 4 members (excludes halogenated alkanes) is 22. The summed E-state index contributed by atoms with van der Waals surface area (Å²) in [5.41, 5.74) is 2.95. The number of rotatable bonds is 32. The Hall–Kier alpha value is -0.860. The molecule has 0 bridgehead atoms. The SMILES string of the molecule is CCCCCCCCCCCCCCN(CC)Cc1ccc(CN(CC)CCCCCCCCCCCCCC)cc1. The van der Waals surface area contributed by atoms with E-state index in [-0.39, 0.29) is 0 Å². The summed E-state index contributed by atoms with van der Waals surface area (Å²) < 4.78 is 0. The van der Waals surface area contributed by atoms with Crippen LogP contribution >= 0.6 is 0 Å². The molecule has 0 heterocycles. The summed E-state index contributed by atoms with van der Waals surface area (Å²) in [4.78, 5) is 5.27. The summed E-state index contributed by atoms with van der Waals surface area (Å²) in [6.45, 7) is 16.3. The molecule has 1 aromatic carbocycles. The molecule has 0 atom stereocenters. The van der Waals surface area contributed by atoms with Crippen LogP contribution in [0.5, 0.6) is 0 Å². The second-order valence-corrected chi connectivity index (χ2v) is 13.3. The maximum atomic E-state index is 2.64. The van der Waals surface area contributed by atoms with Crippen LogP contribution < -0.4 is 0 Å². The van der Waals surface area contributed by atoms with Crippen molar-refractivity contribution >= 4 is 0 Å². The Kier molecular flexibility index (Phi) is 28.1. The van der Waals surface area contributed by atoms with Crippen LogP contribution in [0.25, 0.3) is 0 Å². The van der Waals surface area contributed by atoms with E-state index in [4.69, 9.17) is 0 Å². The van der Waals surface area contributed by atoms with E-state index in [2.05, 4.69) is 61.8 Å². The lowest BCUT2D eigenvalue weighted by Crippen LogP contribution is -2.25. The van der Waals surface area contributed by atoms with Gasteiger partial charge in [0.1, 0.15) is 0 Å². The average Bonchev–Trinajstić information content (AvgIpc) is 3.01. The van der Waals surface area contributed by atoms with Gasteiger partial charge in [0.05, 0.1) is 0 Å². The molecule has 246 valence electrons. The average molecular weight is 585 g/mol. The molecular formula is C40H76N2. The summed E-state index contributed by atoms with van der Waals surface area (Å²) in [5.74, 6) is 0. The Labute approximate surface area is 265 Å². The summed E-state index contributed by atoms with van der Waals surface area (Å²) in [5, 5.41) is 0. The highest BCUT2D eigenvalue weighted by molar-refractivity contribution is 5.22. The van der Waals surface area contributed by atoms with Crippen molar-refractivity contribution in [2.24, 2.45) is 0 Å². The number of nitrogens with zero attached hydrogens (tertiary/aromatic N) is 2. The third-order valence-corrected chi connectivity index (χ3v) is 9.39. The zero-order chi connectivity index (χ0) is 30.4. The van der Waals surface area contributed by atoms with Crippen LogP contribution in [0.2, 0.25) is 0 Å². The van der Waals surface area contributed by atoms with Crippen molar-refractivity contribution in [2.75, 3.05) is 26.2 Å². The number of hydrogen-bond acceptors (Lipinski definition) is 2. The second kappa shape index (κ2) is 30.2. The standard InChI is InChI=1S/C40H76N2/c1-5-9-11-13-15-17-19-21-23-25-27-29-35-41(7-3)37-39-31-33-40(34-32-39)38-42(8-4)36-30-28-26-24-22-20-18-16-14-12-10-6-2/h31-34H,5-30,35-38H2,1-4H3. The van der Waals surface area contributed by atoms with E-state index in [1.807, 2.05) is 0 Å². The molecule has 0 aliphatic rings. The Morgan fingerprint density at radius 1 is 0.333 bits per heavy atom. The molecule has 0 N–H and O–H groups in total. The molecule has 0 radical (unpaired) electrons. The van der Waals surface area contributed by atoms with E-state index >= 15 is 0 Å². The van der Waals surface area contributed by atoms with Gasteiger partial charge in [0.2, 0.25) is 0 Å². The molecule has 0 amide bonds. The van der Waals surface area contributed by atoms with E-state index in [9.17, 15) is 0 Å². The summed E-state index contributed by atoms with van der Waals surface area (Å²) in [6.07, 6.45) is 34.3. The van der Waals surface area contributed by atoms with E-state index in [1.165, 1.54) is 178 Å². The maximum absolute atomic E-state index is 2.64. The van der Waals surface area contributed by atoms with Gasteiger partial charge in [-0.15, -0.1) is 0 Å². The molecule has 0 unspecified atom stereocenters. The lowest BCUT2D eigenvalue weighted by atomic mass is 10.0. The normalized spacial score (nSPS) is 11.8. The van der Waals surface area contributed by atoms with Crippen molar-refractivity contribution in [3.63, 3.8) is 0 Å². The quantitative estimate of drug-likeness (QED) is 0.0777. The van der Waals surface area contributed by atoms with Crippen molar-refractivity contribution < 1.29 is 0 Å². The lowest BCUT2D eigenvalue weighted by molar-refractivity contribution is 0.270. The molecule has 1 rings (SSSR count). The summed E-state index contributed by atoms with van der Waals surface area (Å²) >= 11 is 0. The Morgan fingerprint density at radius 3 is 0.810 bits per heavy atom. The Bertz CT molecular complexity index is 597. The first kappa shape index (κ1) is 39.2. The van der Waals surface area contributed by atoms with Gasteiger partial charge in [-0.1, -0.05) is 193 Å². The van der Waals surface area contributed by atoms with Crippen LogP contribution in [0.1, 0.15) is 193 Å². The minimum absolute atomic E-state index is 1.10. The Morgan fingerprint density at radius 2 is 0.571 bits per heavy atom. The monoisotopic (exact) mass is 585 g/mol. The maximum Gasteiger partial charge on any atom is 0.0233 e. The van der Waals surface area contributed by atoms with Crippen LogP contribution in [0.3, 0.4) is 0 Å². The molecule has 2 heteroatoms. The first-order valence-corrected chi connectivity index (χ1v) is 19.3. The van der Waals surface area contributed by atoms with Gasteiger partial charge in [-0.25, -0.2) is 0 Å². The molecule has 2 nitrogen and oxygen atoms in total. The van der Waals surface area contributed by atoms with Gasteiger partial charge in [0.15, 0.2) is 0 Å². The largest absolute Gasteiger partial charge is 0.299 e. The third-order valence-electron chi connectivity index (χ3n) is 9.39. The lowest BCUT2D eigenvalue weighted by Gasteiger charge is -2.22. The molecule has 0 aliphatic heterocycles. The first-order chi connectivity index (χ1) is 20.7. The van der Waals surface area contributed by atoms with Crippen LogP contribution in [0, 0.1) is 0 Å². The van der Waals surface area contributed by atoms with Crippen LogP contribution in [0.15, 0.2) is 24.3 Å². The predicted octanol–water partition coefficient (Wildman–Crippen LogP) is 12.7. The molecule has 0 saturated carbocycles. The molecule has 0 aromatic heterocycles. The summed E-state index contributed by atoms with van der Waals surface area (Å²) in [7, 11) is 0. The first-order valence-electron chi connectivity index (χ1n) is 19.3. The predicted molar refractivity (Wildman–Crippen MR) is 190 cm³/mol. The fourth-order valence-electron chi connectivity index (χ4n) is 6.32.